The Balaban J connectivity index is 2.62. The van der Waals surface area contributed by atoms with Gasteiger partial charge in [-0.25, -0.2) is 0 Å². The first-order valence-corrected chi connectivity index (χ1v) is 7.68. The SMILES string of the molecule is CC(C)CC(=O)N1CC(C)CC(NC(=O)C(C)(C)C)C1. The Labute approximate surface area is 123 Å². The summed E-state index contributed by atoms with van der Waals surface area (Å²) in [6.07, 6.45) is 1.54. The van der Waals surface area contributed by atoms with Crippen LogP contribution in [0.4, 0.5) is 0 Å². The molecule has 1 heterocycles. The van der Waals surface area contributed by atoms with Gasteiger partial charge in [0, 0.05) is 31.0 Å². The summed E-state index contributed by atoms with van der Waals surface area (Å²) in [5.74, 6) is 1.09. The first-order chi connectivity index (χ1) is 9.09. The van der Waals surface area contributed by atoms with Crippen molar-refractivity contribution in [1.82, 2.24) is 10.2 Å². The van der Waals surface area contributed by atoms with Crippen LogP contribution in [0.1, 0.15) is 54.4 Å². The van der Waals surface area contributed by atoms with Gasteiger partial charge in [0.05, 0.1) is 0 Å². The number of piperidine rings is 1. The van der Waals surface area contributed by atoms with Crippen LogP contribution in [0.3, 0.4) is 0 Å². The second-order valence-electron chi connectivity index (χ2n) is 7.66. The fourth-order valence-electron chi connectivity index (χ4n) is 2.54. The molecule has 4 heteroatoms. The Hall–Kier alpha value is -1.06. The summed E-state index contributed by atoms with van der Waals surface area (Å²) in [4.78, 5) is 26.2. The number of nitrogens with zero attached hydrogens (tertiary/aromatic N) is 1. The molecule has 1 saturated heterocycles. The van der Waals surface area contributed by atoms with Crippen LogP contribution in [0.25, 0.3) is 0 Å². The molecule has 2 atom stereocenters. The third-order valence-electron chi connectivity index (χ3n) is 3.61. The summed E-state index contributed by atoms with van der Waals surface area (Å²) in [6, 6.07) is 0.0848. The molecule has 0 saturated carbocycles. The average molecular weight is 282 g/mol. The Kier molecular flexibility index (Phi) is 5.60. The lowest BCUT2D eigenvalue weighted by Crippen LogP contribution is -2.54. The van der Waals surface area contributed by atoms with E-state index in [-0.39, 0.29) is 23.3 Å². The third-order valence-corrected chi connectivity index (χ3v) is 3.61. The van der Waals surface area contributed by atoms with Gasteiger partial charge < -0.3 is 10.2 Å². The van der Waals surface area contributed by atoms with Crippen LogP contribution < -0.4 is 5.32 Å². The molecular weight excluding hydrogens is 252 g/mol. The largest absolute Gasteiger partial charge is 0.351 e. The molecule has 0 aromatic carbocycles. The van der Waals surface area contributed by atoms with Crippen molar-refractivity contribution in [3.63, 3.8) is 0 Å². The lowest BCUT2D eigenvalue weighted by Gasteiger charge is -2.38. The molecule has 0 spiro atoms. The Bertz CT molecular complexity index is 358. The van der Waals surface area contributed by atoms with E-state index >= 15 is 0 Å². The van der Waals surface area contributed by atoms with E-state index in [2.05, 4.69) is 26.1 Å². The highest BCUT2D eigenvalue weighted by molar-refractivity contribution is 5.82. The smallest absolute Gasteiger partial charge is 0.225 e. The van der Waals surface area contributed by atoms with E-state index in [1.807, 2.05) is 25.7 Å². The van der Waals surface area contributed by atoms with Crippen LogP contribution >= 0.6 is 0 Å². The van der Waals surface area contributed by atoms with Crippen molar-refractivity contribution in [2.75, 3.05) is 13.1 Å². The fraction of sp³-hybridized carbons (Fsp3) is 0.875. The Morgan fingerprint density at radius 3 is 2.35 bits per heavy atom. The molecule has 116 valence electrons. The molecule has 1 aliphatic rings. The van der Waals surface area contributed by atoms with Crippen molar-refractivity contribution in [3.8, 4) is 0 Å². The topological polar surface area (TPSA) is 49.4 Å². The van der Waals surface area contributed by atoms with Crippen molar-refractivity contribution in [2.24, 2.45) is 17.3 Å². The van der Waals surface area contributed by atoms with Crippen molar-refractivity contribution in [1.29, 1.82) is 0 Å². The van der Waals surface area contributed by atoms with Gasteiger partial charge in [0.25, 0.3) is 0 Å². The number of carbonyl (C=O) groups excluding carboxylic acids is 2. The molecule has 0 aromatic rings. The minimum Gasteiger partial charge on any atom is -0.351 e. The van der Waals surface area contributed by atoms with Gasteiger partial charge in [0.15, 0.2) is 0 Å². The Morgan fingerprint density at radius 2 is 1.85 bits per heavy atom. The zero-order valence-electron chi connectivity index (χ0n) is 13.8. The van der Waals surface area contributed by atoms with E-state index in [1.54, 1.807) is 0 Å². The maximum Gasteiger partial charge on any atom is 0.225 e. The maximum atomic E-state index is 12.2. The summed E-state index contributed by atoms with van der Waals surface area (Å²) < 4.78 is 0. The summed E-state index contributed by atoms with van der Waals surface area (Å²) >= 11 is 0. The van der Waals surface area contributed by atoms with Gasteiger partial charge in [-0.3, -0.25) is 9.59 Å². The van der Waals surface area contributed by atoms with Crippen LogP contribution in [0.15, 0.2) is 0 Å². The molecule has 1 fully saturated rings. The summed E-state index contributed by atoms with van der Waals surface area (Å²) in [5.41, 5.74) is -0.381. The Morgan fingerprint density at radius 1 is 1.25 bits per heavy atom. The highest BCUT2D eigenvalue weighted by Gasteiger charge is 2.31. The molecule has 2 amide bonds. The van der Waals surface area contributed by atoms with Crippen LogP contribution in [0.5, 0.6) is 0 Å². The summed E-state index contributed by atoms with van der Waals surface area (Å²) in [6.45, 7) is 13.5. The molecule has 0 bridgehead atoms. The third kappa shape index (κ3) is 5.14. The predicted octanol–water partition coefficient (Wildman–Crippen LogP) is 2.43. The zero-order valence-corrected chi connectivity index (χ0v) is 13.8. The van der Waals surface area contributed by atoms with Gasteiger partial charge in [0.2, 0.25) is 11.8 Å². The lowest BCUT2D eigenvalue weighted by molar-refractivity contribution is -0.136. The highest BCUT2D eigenvalue weighted by Crippen LogP contribution is 2.20. The monoisotopic (exact) mass is 282 g/mol. The molecule has 0 aromatic heterocycles. The van der Waals surface area contributed by atoms with Gasteiger partial charge in [0.1, 0.15) is 0 Å². The number of likely N-dealkylation sites (tertiary alicyclic amines) is 1. The van der Waals surface area contributed by atoms with Crippen molar-refractivity contribution in [3.05, 3.63) is 0 Å². The highest BCUT2D eigenvalue weighted by atomic mass is 16.2. The fourth-order valence-corrected chi connectivity index (χ4v) is 2.54. The predicted molar refractivity (Wildman–Crippen MR) is 81.2 cm³/mol. The molecule has 1 N–H and O–H groups in total. The molecule has 20 heavy (non-hydrogen) atoms. The summed E-state index contributed by atoms with van der Waals surface area (Å²) in [7, 11) is 0. The van der Waals surface area contributed by atoms with E-state index in [1.165, 1.54) is 0 Å². The van der Waals surface area contributed by atoms with E-state index in [9.17, 15) is 9.59 Å². The first kappa shape index (κ1) is 17.0. The van der Waals surface area contributed by atoms with Crippen LogP contribution in [0.2, 0.25) is 0 Å². The lowest BCUT2D eigenvalue weighted by atomic mass is 9.91. The summed E-state index contributed by atoms with van der Waals surface area (Å²) in [5, 5.41) is 3.09. The minimum absolute atomic E-state index is 0.0628. The van der Waals surface area contributed by atoms with E-state index < -0.39 is 0 Å². The minimum atomic E-state index is -0.381. The van der Waals surface area contributed by atoms with Crippen molar-refractivity contribution >= 4 is 11.8 Å². The maximum absolute atomic E-state index is 12.2. The van der Waals surface area contributed by atoms with Crippen molar-refractivity contribution in [2.45, 2.75) is 60.4 Å². The second kappa shape index (κ2) is 6.59. The van der Waals surface area contributed by atoms with Crippen LogP contribution in [-0.4, -0.2) is 35.8 Å². The number of amides is 2. The van der Waals surface area contributed by atoms with Crippen molar-refractivity contribution < 1.29 is 9.59 Å². The number of rotatable bonds is 3. The average Bonchev–Trinajstić information content (AvgIpc) is 2.25. The number of hydrogen-bond donors (Lipinski definition) is 1. The molecule has 2 unspecified atom stereocenters. The van der Waals surface area contributed by atoms with Gasteiger partial charge in [-0.15, -0.1) is 0 Å². The van der Waals surface area contributed by atoms with Gasteiger partial charge in [-0.2, -0.15) is 0 Å². The van der Waals surface area contributed by atoms with Crippen LogP contribution in [0, 0.1) is 17.3 Å². The molecule has 1 aliphatic heterocycles. The normalized spacial score (nSPS) is 23.9. The number of carbonyl (C=O) groups is 2. The quantitative estimate of drug-likeness (QED) is 0.864. The van der Waals surface area contributed by atoms with E-state index in [0.717, 1.165) is 13.0 Å². The second-order valence-corrected chi connectivity index (χ2v) is 7.66. The molecular formula is C16H30N2O2. The van der Waals surface area contributed by atoms with Gasteiger partial charge >= 0.3 is 0 Å². The molecule has 4 nitrogen and oxygen atoms in total. The van der Waals surface area contributed by atoms with E-state index in [4.69, 9.17) is 0 Å². The van der Waals surface area contributed by atoms with E-state index in [0.29, 0.717) is 24.8 Å². The van der Waals surface area contributed by atoms with Crippen LogP contribution in [-0.2, 0) is 9.59 Å². The standard InChI is InChI=1S/C16H30N2O2/c1-11(2)7-14(19)18-9-12(3)8-13(10-18)17-15(20)16(4,5)6/h11-13H,7-10H2,1-6H3,(H,17,20). The number of hydrogen-bond acceptors (Lipinski definition) is 2. The molecule has 0 radical (unpaired) electrons. The molecule has 1 rings (SSSR count). The van der Waals surface area contributed by atoms with Gasteiger partial charge in [-0.05, 0) is 18.3 Å². The molecule has 0 aliphatic carbocycles. The first-order valence-electron chi connectivity index (χ1n) is 7.68. The van der Waals surface area contributed by atoms with Gasteiger partial charge in [-0.1, -0.05) is 41.5 Å². The zero-order chi connectivity index (χ0) is 15.5. The number of nitrogens with one attached hydrogen (secondary N) is 1.